The summed E-state index contributed by atoms with van der Waals surface area (Å²) in [5, 5.41) is 6.26. The summed E-state index contributed by atoms with van der Waals surface area (Å²) < 4.78 is 5.47. The molecule has 1 aromatic carbocycles. The third kappa shape index (κ3) is 9.46. The zero-order chi connectivity index (χ0) is 19.4. The molecule has 5 nitrogen and oxygen atoms in total. The number of carbonyl (C=O) groups is 2. The highest BCUT2D eigenvalue weighted by Gasteiger charge is 2.19. The van der Waals surface area contributed by atoms with E-state index in [0.717, 1.165) is 36.3 Å². The first-order chi connectivity index (χ1) is 12.4. The Hall–Kier alpha value is -1.24. The lowest BCUT2D eigenvalue weighted by molar-refractivity contribution is -0.127. The highest BCUT2D eigenvalue weighted by atomic mass is 35.5. The van der Waals surface area contributed by atoms with Gasteiger partial charge in [-0.2, -0.15) is 0 Å². The first-order valence-corrected chi connectivity index (χ1v) is 10.3. The number of amides is 2. The van der Waals surface area contributed by atoms with Crippen molar-refractivity contribution in [1.82, 2.24) is 10.6 Å². The minimum atomic E-state index is -0.585. The Morgan fingerprint density at radius 1 is 1.27 bits per heavy atom. The van der Waals surface area contributed by atoms with Crippen LogP contribution in [0, 0.1) is 6.92 Å². The van der Waals surface area contributed by atoms with E-state index in [2.05, 4.69) is 17.6 Å². The zero-order valence-electron chi connectivity index (χ0n) is 15.8. The molecule has 1 rings (SSSR count). The van der Waals surface area contributed by atoms with Crippen molar-refractivity contribution in [2.24, 2.45) is 0 Å². The lowest BCUT2D eigenvalue weighted by Gasteiger charge is -2.17. The lowest BCUT2D eigenvalue weighted by atomic mass is 10.2. The zero-order valence-corrected chi connectivity index (χ0v) is 17.3. The van der Waals surface area contributed by atoms with E-state index >= 15 is 0 Å². The van der Waals surface area contributed by atoms with Gasteiger partial charge >= 0.3 is 0 Å². The van der Waals surface area contributed by atoms with Gasteiger partial charge in [0, 0.05) is 42.4 Å². The maximum atomic E-state index is 12.4. The summed E-state index contributed by atoms with van der Waals surface area (Å²) >= 11 is 7.62. The van der Waals surface area contributed by atoms with Gasteiger partial charge in [0.2, 0.25) is 11.8 Å². The highest BCUT2D eigenvalue weighted by molar-refractivity contribution is 7.99. The van der Waals surface area contributed by atoms with E-state index < -0.39 is 6.04 Å². The van der Waals surface area contributed by atoms with Crippen molar-refractivity contribution in [3.63, 3.8) is 0 Å². The maximum Gasteiger partial charge on any atom is 0.243 e. The summed E-state index contributed by atoms with van der Waals surface area (Å²) in [5.41, 5.74) is 1.01. The summed E-state index contributed by atoms with van der Waals surface area (Å²) in [6.07, 6.45) is 2.92. The van der Waals surface area contributed by atoms with Gasteiger partial charge in [0.1, 0.15) is 6.04 Å². The molecule has 0 aliphatic rings. The average Bonchev–Trinajstić information content (AvgIpc) is 2.60. The Morgan fingerprint density at radius 2 is 2.00 bits per heavy atom. The number of thioether (sulfide) groups is 1. The summed E-state index contributed by atoms with van der Waals surface area (Å²) in [4.78, 5) is 24.7. The van der Waals surface area contributed by atoms with Crippen LogP contribution < -0.4 is 10.6 Å². The lowest BCUT2D eigenvalue weighted by Crippen LogP contribution is -2.47. The predicted molar refractivity (Wildman–Crippen MR) is 108 cm³/mol. The standard InChI is InChI=1S/C19H29ClN2O3S/c1-4-5-10-25-11-6-9-21-19(24)18(22-15(3)23)13-26-16-8-7-14(2)17(20)12-16/h7-8,12,18H,4-6,9-11,13H2,1-3H3,(H,21,24)(H,22,23). The summed E-state index contributed by atoms with van der Waals surface area (Å²) in [7, 11) is 0. The molecular weight excluding hydrogens is 372 g/mol. The number of rotatable bonds is 12. The van der Waals surface area contributed by atoms with E-state index in [-0.39, 0.29) is 11.8 Å². The molecule has 0 aromatic heterocycles. The van der Waals surface area contributed by atoms with E-state index in [1.165, 1.54) is 18.7 Å². The molecular formula is C19H29ClN2O3S. The monoisotopic (exact) mass is 400 g/mol. The predicted octanol–water partition coefficient (Wildman–Crippen LogP) is 3.57. The van der Waals surface area contributed by atoms with Gasteiger partial charge < -0.3 is 15.4 Å². The molecule has 0 aliphatic carbocycles. The second kappa shape index (κ2) is 13.0. The molecule has 146 valence electrons. The van der Waals surface area contributed by atoms with Crippen LogP contribution in [0.25, 0.3) is 0 Å². The third-order valence-electron chi connectivity index (χ3n) is 3.66. The molecule has 0 saturated carbocycles. The fourth-order valence-electron chi connectivity index (χ4n) is 2.13. The van der Waals surface area contributed by atoms with Crippen molar-refractivity contribution in [2.45, 2.75) is 51.0 Å². The van der Waals surface area contributed by atoms with E-state index in [4.69, 9.17) is 16.3 Å². The molecule has 0 radical (unpaired) electrons. The third-order valence-corrected chi connectivity index (χ3v) is 5.16. The van der Waals surface area contributed by atoms with Crippen LogP contribution in [0.5, 0.6) is 0 Å². The van der Waals surface area contributed by atoms with Gasteiger partial charge in [-0.1, -0.05) is 31.0 Å². The van der Waals surface area contributed by atoms with Crippen LogP contribution in [0.4, 0.5) is 0 Å². The summed E-state index contributed by atoms with van der Waals surface area (Å²) in [6, 6.07) is 5.19. The van der Waals surface area contributed by atoms with Crippen LogP contribution in [0.15, 0.2) is 23.1 Å². The quantitative estimate of drug-likeness (QED) is 0.415. The van der Waals surface area contributed by atoms with Crippen LogP contribution >= 0.6 is 23.4 Å². The number of ether oxygens (including phenoxy) is 1. The molecule has 0 bridgehead atoms. The summed E-state index contributed by atoms with van der Waals surface area (Å²) in [5.74, 6) is 0.0349. The first-order valence-electron chi connectivity index (χ1n) is 8.95. The molecule has 0 aliphatic heterocycles. The van der Waals surface area contributed by atoms with Gasteiger partial charge in [0.25, 0.3) is 0 Å². The van der Waals surface area contributed by atoms with Gasteiger partial charge in [-0.05, 0) is 37.5 Å². The second-order valence-corrected chi connectivity index (χ2v) is 7.59. The van der Waals surface area contributed by atoms with Crippen LogP contribution in [0.2, 0.25) is 5.02 Å². The number of carbonyl (C=O) groups excluding carboxylic acids is 2. The number of hydrogen-bond acceptors (Lipinski definition) is 4. The van der Waals surface area contributed by atoms with Crippen molar-refractivity contribution < 1.29 is 14.3 Å². The van der Waals surface area contributed by atoms with Gasteiger partial charge in [-0.15, -0.1) is 11.8 Å². The van der Waals surface area contributed by atoms with E-state index in [9.17, 15) is 9.59 Å². The Bertz CT molecular complexity index is 584. The fraction of sp³-hybridized carbons (Fsp3) is 0.579. The molecule has 0 saturated heterocycles. The SMILES string of the molecule is CCCCOCCCNC(=O)C(CSc1ccc(C)c(Cl)c1)NC(C)=O. The minimum Gasteiger partial charge on any atom is -0.381 e. The number of nitrogens with one attached hydrogen (secondary N) is 2. The Morgan fingerprint density at radius 3 is 2.65 bits per heavy atom. The number of halogens is 1. The fourth-order valence-corrected chi connectivity index (χ4v) is 3.33. The second-order valence-electron chi connectivity index (χ2n) is 6.09. The largest absolute Gasteiger partial charge is 0.381 e. The van der Waals surface area contributed by atoms with Crippen molar-refractivity contribution in [3.8, 4) is 0 Å². The van der Waals surface area contributed by atoms with Crippen LogP contribution in [-0.2, 0) is 14.3 Å². The van der Waals surface area contributed by atoms with Crippen LogP contribution in [0.3, 0.4) is 0 Å². The molecule has 7 heteroatoms. The van der Waals surface area contributed by atoms with Gasteiger partial charge in [-0.3, -0.25) is 9.59 Å². The van der Waals surface area contributed by atoms with Gasteiger partial charge in [0.05, 0.1) is 0 Å². The van der Waals surface area contributed by atoms with Crippen molar-refractivity contribution >= 4 is 35.2 Å². The number of benzene rings is 1. The molecule has 1 unspecified atom stereocenters. The molecule has 26 heavy (non-hydrogen) atoms. The topological polar surface area (TPSA) is 67.4 Å². The van der Waals surface area contributed by atoms with Crippen LogP contribution in [0.1, 0.15) is 38.7 Å². The van der Waals surface area contributed by atoms with Crippen molar-refractivity contribution in [3.05, 3.63) is 28.8 Å². The average molecular weight is 401 g/mol. The molecule has 1 atom stereocenters. The molecule has 0 fully saturated rings. The Balaban J connectivity index is 2.42. The number of aryl methyl sites for hydroxylation is 1. The number of unbranched alkanes of at least 4 members (excludes halogenated alkanes) is 1. The highest BCUT2D eigenvalue weighted by Crippen LogP contribution is 2.25. The Kier molecular flexibility index (Phi) is 11.4. The molecule has 1 aromatic rings. The maximum absolute atomic E-state index is 12.4. The Labute approximate surface area is 165 Å². The van der Waals surface area contributed by atoms with Gasteiger partial charge in [0.15, 0.2) is 0 Å². The van der Waals surface area contributed by atoms with Crippen molar-refractivity contribution in [2.75, 3.05) is 25.5 Å². The van der Waals surface area contributed by atoms with E-state index in [1.807, 2.05) is 25.1 Å². The normalized spacial score (nSPS) is 11.8. The smallest absolute Gasteiger partial charge is 0.243 e. The van der Waals surface area contributed by atoms with E-state index in [0.29, 0.717) is 23.9 Å². The number of hydrogen-bond donors (Lipinski definition) is 2. The minimum absolute atomic E-state index is 0.181. The van der Waals surface area contributed by atoms with E-state index in [1.54, 1.807) is 0 Å². The molecule has 0 spiro atoms. The van der Waals surface area contributed by atoms with Crippen LogP contribution in [-0.4, -0.2) is 43.4 Å². The van der Waals surface area contributed by atoms with Crippen molar-refractivity contribution in [1.29, 1.82) is 0 Å². The van der Waals surface area contributed by atoms with Gasteiger partial charge in [-0.25, -0.2) is 0 Å². The first kappa shape index (κ1) is 22.8. The molecule has 2 N–H and O–H groups in total. The molecule has 2 amide bonds. The molecule has 0 heterocycles. The summed E-state index contributed by atoms with van der Waals surface area (Å²) in [6.45, 7) is 7.39.